The van der Waals surface area contributed by atoms with Gasteiger partial charge in [-0.15, -0.1) is 0 Å². The minimum absolute atomic E-state index is 0.170. The van der Waals surface area contributed by atoms with Gasteiger partial charge in [0.1, 0.15) is 6.04 Å². The Hall–Kier alpha value is -2.86. The fourth-order valence-electron chi connectivity index (χ4n) is 3.78. The predicted octanol–water partition coefficient (Wildman–Crippen LogP) is 4.40. The summed E-state index contributed by atoms with van der Waals surface area (Å²) in [6.45, 7) is 2.90. The lowest BCUT2D eigenvalue weighted by atomic mass is 9.96. The molecule has 1 fully saturated rings. The summed E-state index contributed by atoms with van der Waals surface area (Å²) >= 11 is 0. The molecule has 0 saturated heterocycles. The van der Waals surface area contributed by atoms with E-state index in [-0.39, 0.29) is 11.9 Å². The van der Waals surface area contributed by atoms with Crippen LogP contribution in [0.25, 0.3) is 0 Å². The Morgan fingerprint density at radius 1 is 1.00 bits per heavy atom. The van der Waals surface area contributed by atoms with Gasteiger partial charge in [-0.2, -0.15) is 0 Å². The molecule has 1 atom stereocenters. The van der Waals surface area contributed by atoms with Crippen molar-refractivity contribution >= 4 is 17.6 Å². The summed E-state index contributed by atoms with van der Waals surface area (Å²) in [6, 6.07) is 17.3. The summed E-state index contributed by atoms with van der Waals surface area (Å²) in [4.78, 5) is 24.5. The highest BCUT2D eigenvalue weighted by atomic mass is 16.5. The van der Waals surface area contributed by atoms with Crippen molar-refractivity contribution in [2.24, 2.45) is 0 Å². The SMILES string of the molecule is CC(Nc1cccc(COCCc2ccccc2)c1)C(=O)NC(=O)NC1CCCCC1. The lowest BCUT2D eigenvalue weighted by molar-refractivity contribution is -0.120. The summed E-state index contributed by atoms with van der Waals surface area (Å²) in [5.74, 6) is -0.349. The first-order valence-electron chi connectivity index (χ1n) is 11.2. The lowest BCUT2D eigenvalue weighted by Gasteiger charge is -2.23. The molecular weight excluding hydrogens is 390 g/mol. The van der Waals surface area contributed by atoms with Crippen LogP contribution in [0.5, 0.6) is 0 Å². The summed E-state index contributed by atoms with van der Waals surface area (Å²) < 4.78 is 5.80. The van der Waals surface area contributed by atoms with E-state index in [9.17, 15) is 9.59 Å². The molecule has 0 radical (unpaired) electrons. The maximum atomic E-state index is 12.4. The molecule has 1 saturated carbocycles. The van der Waals surface area contributed by atoms with Crippen LogP contribution in [0.2, 0.25) is 0 Å². The number of carbonyl (C=O) groups is 2. The van der Waals surface area contributed by atoms with Gasteiger partial charge in [0.2, 0.25) is 5.91 Å². The molecule has 166 valence electrons. The molecule has 2 aromatic carbocycles. The van der Waals surface area contributed by atoms with Crippen molar-refractivity contribution in [1.29, 1.82) is 0 Å². The van der Waals surface area contributed by atoms with E-state index in [4.69, 9.17) is 4.74 Å². The van der Waals surface area contributed by atoms with E-state index >= 15 is 0 Å². The highest BCUT2D eigenvalue weighted by molar-refractivity contribution is 5.98. The lowest BCUT2D eigenvalue weighted by Crippen LogP contribution is -2.49. The van der Waals surface area contributed by atoms with E-state index in [0.29, 0.717) is 13.2 Å². The Morgan fingerprint density at radius 2 is 1.74 bits per heavy atom. The Bertz CT molecular complexity index is 835. The van der Waals surface area contributed by atoms with Gasteiger partial charge in [0, 0.05) is 11.7 Å². The number of nitrogens with one attached hydrogen (secondary N) is 3. The largest absolute Gasteiger partial charge is 0.376 e. The second-order valence-corrected chi connectivity index (χ2v) is 8.15. The number of imide groups is 1. The molecule has 0 aromatic heterocycles. The number of amides is 3. The topological polar surface area (TPSA) is 79.5 Å². The second-order valence-electron chi connectivity index (χ2n) is 8.15. The molecule has 1 unspecified atom stereocenters. The molecule has 1 aliphatic carbocycles. The van der Waals surface area contributed by atoms with Crippen molar-refractivity contribution in [3.05, 3.63) is 65.7 Å². The van der Waals surface area contributed by atoms with Crippen LogP contribution in [0.4, 0.5) is 10.5 Å². The van der Waals surface area contributed by atoms with Gasteiger partial charge < -0.3 is 15.4 Å². The third kappa shape index (κ3) is 8.06. The first-order chi connectivity index (χ1) is 15.1. The summed E-state index contributed by atoms with van der Waals surface area (Å²) in [7, 11) is 0. The van der Waals surface area contributed by atoms with Crippen molar-refractivity contribution < 1.29 is 14.3 Å². The average molecular weight is 424 g/mol. The van der Waals surface area contributed by atoms with E-state index < -0.39 is 12.1 Å². The first kappa shape index (κ1) is 22.8. The predicted molar refractivity (Wildman–Crippen MR) is 123 cm³/mol. The number of ether oxygens (including phenoxy) is 1. The van der Waals surface area contributed by atoms with E-state index in [1.165, 1.54) is 12.0 Å². The molecule has 3 rings (SSSR count). The van der Waals surface area contributed by atoms with Crippen molar-refractivity contribution in [3.8, 4) is 0 Å². The van der Waals surface area contributed by atoms with Crippen molar-refractivity contribution in [3.63, 3.8) is 0 Å². The molecule has 3 amide bonds. The highest BCUT2D eigenvalue weighted by Gasteiger charge is 2.19. The van der Waals surface area contributed by atoms with Crippen LogP contribution < -0.4 is 16.0 Å². The number of urea groups is 1. The zero-order chi connectivity index (χ0) is 21.9. The van der Waals surface area contributed by atoms with Crippen molar-refractivity contribution in [2.75, 3.05) is 11.9 Å². The molecule has 0 heterocycles. The molecule has 0 spiro atoms. The minimum atomic E-state index is -0.536. The number of benzene rings is 2. The average Bonchev–Trinajstić information content (AvgIpc) is 2.78. The number of anilines is 1. The van der Waals surface area contributed by atoms with Gasteiger partial charge in [-0.05, 0) is 49.4 Å². The van der Waals surface area contributed by atoms with Gasteiger partial charge in [-0.3, -0.25) is 10.1 Å². The Balaban J connectivity index is 1.40. The molecule has 3 N–H and O–H groups in total. The molecule has 0 bridgehead atoms. The molecule has 0 aliphatic heterocycles. The molecular formula is C25H33N3O3. The summed E-state index contributed by atoms with van der Waals surface area (Å²) in [6.07, 6.45) is 6.31. The number of carbonyl (C=O) groups excluding carboxylic acids is 2. The summed E-state index contributed by atoms with van der Waals surface area (Å²) in [5.41, 5.74) is 3.10. The zero-order valence-corrected chi connectivity index (χ0v) is 18.2. The molecule has 6 nitrogen and oxygen atoms in total. The van der Waals surface area contributed by atoms with Crippen molar-refractivity contribution in [2.45, 2.75) is 64.1 Å². The normalized spacial score (nSPS) is 15.1. The molecule has 31 heavy (non-hydrogen) atoms. The van der Waals surface area contributed by atoms with E-state index in [2.05, 4.69) is 28.1 Å². The smallest absolute Gasteiger partial charge is 0.321 e. The third-order valence-corrected chi connectivity index (χ3v) is 5.53. The highest BCUT2D eigenvalue weighted by Crippen LogP contribution is 2.17. The third-order valence-electron chi connectivity index (χ3n) is 5.53. The Morgan fingerprint density at radius 3 is 2.52 bits per heavy atom. The minimum Gasteiger partial charge on any atom is -0.376 e. The van der Waals surface area contributed by atoms with Gasteiger partial charge >= 0.3 is 6.03 Å². The van der Waals surface area contributed by atoms with Crippen LogP contribution in [0.1, 0.15) is 50.2 Å². The van der Waals surface area contributed by atoms with Crippen LogP contribution in [-0.4, -0.2) is 30.6 Å². The quantitative estimate of drug-likeness (QED) is 0.522. The molecule has 2 aromatic rings. The van der Waals surface area contributed by atoms with Gasteiger partial charge in [-0.1, -0.05) is 61.7 Å². The molecule has 6 heteroatoms. The Labute approximate surface area is 184 Å². The first-order valence-corrected chi connectivity index (χ1v) is 11.2. The second kappa shape index (κ2) is 12.1. The fraction of sp³-hybridized carbons (Fsp3) is 0.440. The van der Waals surface area contributed by atoms with Crippen LogP contribution in [-0.2, 0) is 22.6 Å². The van der Waals surface area contributed by atoms with Gasteiger partial charge in [0.15, 0.2) is 0 Å². The van der Waals surface area contributed by atoms with Crippen LogP contribution in [0.3, 0.4) is 0 Å². The van der Waals surface area contributed by atoms with E-state index in [1.54, 1.807) is 6.92 Å². The number of rotatable bonds is 9. The monoisotopic (exact) mass is 423 g/mol. The zero-order valence-electron chi connectivity index (χ0n) is 18.2. The standard InChI is InChI=1S/C25H33N3O3/c1-19(24(29)28-25(30)27-22-12-6-3-7-13-22)26-23-14-8-11-21(17-23)18-31-16-15-20-9-4-2-5-10-20/h2,4-5,8-11,14,17,19,22,26H,3,6-7,12-13,15-16,18H2,1H3,(H2,27,28,29,30). The van der Waals surface area contributed by atoms with Gasteiger partial charge in [0.05, 0.1) is 13.2 Å². The van der Waals surface area contributed by atoms with Crippen molar-refractivity contribution in [1.82, 2.24) is 10.6 Å². The van der Waals surface area contributed by atoms with Gasteiger partial charge in [-0.25, -0.2) is 4.79 Å². The van der Waals surface area contributed by atoms with Gasteiger partial charge in [0.25, 0.3) is 0 Å². The maximum absolute atomic E-state index is 12.4. The number of hydrogen-bond acceptors (Lipinski definition) is 4. The van der Waals surface area contributed by atoms with E-state index in [1.807, 2.05) is 42.5 Å². The Kier molecular flexibility index (Phi) is 8.91. The molecule has 1 aliphatic rings. The number of hydrogen-bond donors (Lipinski definition) is 3. The summed E-state index contributed by atoms with van der Waals surface area (Å²) in [5, 5.41) is 8.51. The maximum Gasteiger partial charge on any atom is 0.321 e. The fourth-order valence-corrected chi connectivity index (χ4v) is 3.78. The van der Waals surface area contributed by atoms with Crippen LogP contribution in [0.15, 0.2) is 54.6 Å². The van der Waals surface area contributed by atoms with Crippen LogP contribution in [0, 0.1) is 0 Å². The van der Waals surface area contributed by atoms with E-state index in [0.717, 1.165) is 43.4 Å². The van der Waals surface area contributed by atoms with Crippen LogP contribution >= 0.6 is 0 Å².